The summed E-state index contributed by atoms with van der Waals surface area (Å²) in [6, 6.07) is 0.110. The topological polar surface area (TPSA) is 67.3 Å². The van der Waals surface area contributed by atoms with Gasteiger partial charge in [0.05, 0.1) is 0 Å². The summed E-state index contributed by atoms with van der Waals surface area (Å²) in [6.07, 6.45) is 4.00. The third-order valence-corrected chi connectivity index (χ3v) is 3.16. The average Bonchev–Trinajstić information content (AvgIpc) is 2.24. The van der Waals surface area contributed by atoms with Crippen molar-refractivity contribution < 1.29 is 0 Å². The molecule has 1 heterocycles. The van der Waals surface area contributed by atoms with E-state index < -0.39 is 0 Å². The van der Waals surface area contributed by atoms with Gasteiger partial charge in [0.15, 0.2) is 0 Å². The van der Waals surface area contributed by atoms with Crippen LogP contribution in [0.3, 0.4) is 0 Å². The lowest BCUT2D eigenvalue weighted by molar-refractivity contribution is 0.201. The number of nitrogens with one attached hydrogen (secondary N) is 1. The van der Waals surface area contributed by atoms with Gasteiger partial charge in [0.1, 0.15) is 0 Å². The van der Waals surface area contributed by atoms with Crippen LogP contribution >= 0.6 is 0 Å². The summed E-state index contributed by atoms with van der Waals surface area (Å²) in [6.45, 7) is 5.01. The molecule has 2 atom stereocenters. The lowest BCUT2D eigenvalue weighted by atomic mass is 9.95. The van der Waals surface area contributed by atoms with Crippen molar-refractivity contribution in [2.45, 2.75) is 25.3 Å². The van der Waals surface area contributed by atoms with Crippen LogP contribution in [0.1, 0.15) is 19.3 Å². The molecular weight excluding hydrogens is 188 g/mol. The van der Waals surface area contributed by atoms with E-state index in [0.717, 1.165) is 19.0 Å². The number of rotatable bonds is 6. The molecule has 4 nitrogen and oxygen atoms in total. The lowest BCUT2D eigenvalue weighted by Crippen LogP contribution is -2.40. The van der Waals surface area contributed by atoms with Gasteiger partial charge >= 0.3 is 0 Å². The van der Waals surface area contributed by atoms with Crippen LogP contribution in [0.15, 0.2) is 0 Å². The first-order valence-electron chi connectivity index (χ1n) is 6.07. The Morgan fingerprint density at radius 3 is 3.00 bits per heavy atom. The summed E-state index contributed by atoms with van der Waals surface area (Å²) in [4.78, 5) is 2.43. The summed E-state index contributed by atoms with van der Waals surface area (Å²) >= 11 is 0. The highest BCUT2D eigenvalue weighted by Crippen LogP contribution is 2.17. The van der Waals surface area contributed by atoms with Crippen LogP contribution in [-0.2, 0) is 0 Å². The zero-order valence-corrected chi connectivity index (χ0v) is 9.91. The van der Waals surface area contributed by atoms with Crippen LogP contribution in [-0.4, -0.2) is 50.7 Å². The quantitative estimate of drug-likeness (QED) is 0.526. The van der Waals surface area contributed by atoms with E-state index >= 15 is 0 Å². The van der Waals surface area contributed by atoms with Gasteiger partial charge < -0.3 is 21.7 Å². The molecule has 5 N–H and O–H groups in total. The van der Waals surface area contributed by atoms with E-state index in [9.17, 15) is 0 Å². The van der Waals surface area contributed by atoms with E-state index in [0.29, 0.717) is 6.54 Å². The molecule has 15 heavy (non-hydrogen) atoms. The molecule has 4 heteroatoms. The van der Waals surface area contributed by atoms with Gasteiger partial charge in [-0.05, 0) is 45.3 Å². The predicted octanol–water partition coefficient (Wildman–Crippen LogP) is -0.406. The van der Waals surface area contributed by atoms with Crippen molar-refractivity contribution in [2.75, 3.05) is 39.8 Å². The second-order valence-electron chi connectivity index (χ2n) is 4.76. The smallest absolute Gasteiger partial charge is 0.0290 e. The number of nitrogens with two attached hydrogens (primary N) is 2. The normalized spacial score (nSPS) is 25.4. The molecule has 1 rings (SSSR count). The van der Waals surface area contributed by atoms with Gasteiger partial charge in [-0.2, -0.15) is 0 Å². The van der Waals surface area contributed by atoms with E-state index in [1.165, 1.54) is 32.4 Å². The van der Waals surface area contributed by atoms with Crippen molar-refractivity contribution in [3.8, 4) is 0 Å². The molecule has 1 saturated heterocycles. The van der Waals surface area contributed by atoms with E-state index in [1.54, 1.807) is 0 Å². The molecule has 0 radical (unpaired) electrons. The molecule has 0 bridgehead atoms. The maximum atomic E-state index is 5.72. The molecule has 0 saturated carbocycles. The van der Waals surface area contributed by atoms with Gasteiger partial charge in [-0.25, -0.2) is 0 Å². The Morgan fingerprint density at radius 1 is 1.53 bits per heavy atom. The zero-order chi connectivity index (χ0) is 11.1. The number of nitrogens with zero attached hydrogens (tertiary/aromatic N) is 1. The monoisotopic (exact) mass is 214 g/mol. The van der Waals surface area contributed by atoms with Crippen LogP contribution in [0.4, 0.5) is 0 Å². The molecule has 1 fully saturated rings. The minimum atomic E-state index is 0.110. The van der Waals surface area contributed by atoms with Gasteiger partial charge in [-0.15, -0.1) is 0 Å². The molecule has 0 spiro atoms. The first-order chi connectivity index (χ1) is 7.22. The second-order valence-corrected chi connectivity index (χ2v) is 4.76. The zero-order valence-electron chi connectivity index (χ0n) is 9.91. The Kier molecular flexibility index (Phi) is 6.17. The Labute approximate surface area is 93.4 Å². The molecule has 0 aromatic heterocycles. The van der Waals surface area contributed by atoms with Gasteiger partial charge in [0.25, 0.3) is 0 Å². The van der Waals surface area contributed by atoms with Crippen molar-refractivity contribution in [2.24, 2.45) is 17.4 Å². The number of likely N-dealkylation sites (tertiary alicyclic amines) is 1. The average molecular weight is 214 g/mol. The fourth-order valence-corrected chi connectivity index (χ4v) is 2.19. The van der Waals surface area contributed by atoms with Crippen molar-refractivity contribution in [3.05, 3.63) is 0 Å². The van der Waals surface area contributed by atoms with Gasteiger partial charge in [-0.3, -0.25) is 0 Å². The van der Waals surface area contributed by atoms with Crippen LogP contribution < -0.4 is 16.8 Å². The first kappa shape index (κ1) is 12.9. The van der Waals surface area contributed by atoms with Crippen LogP contribution in [0.5, 0.6) is 0 Å². The molecule has 2 unspecified atom stereocenters. The largest absolute Gasteiger partial charge is 0.329 e. The highest BCUT2D eigenvalue weighted by atomic mass is 15.1. The third-order valence-electron chi connectivity index (χ3n) is 3.16. The van der Waals surface area contributed by atoms with Gasteiger partial charge in [0, 0.05) is 25.7 Å². The fourth-order valence-electron chi connectivity index (χ4n) is 2.19. The SMILES string of the molecule is CN1CCCC(CCNCC(N)CN)C1. The van der Waals surface area contributed by atoms with Crippen molar-refractivity contribution >= 4 is 0 Å². The molecule has 0 aromatic rings. The summed E-state index contributed by atoms with van der Waals surface area (Å²) in [5.41, 5.74) is 11.2. The van der Waals surface area contributed by atoms with Crippen LogP contribution in [0.2, 0.25) is 0 Å². The molecule has 0 aromatic carbocycles. The number of piperidine rings is 1. The summed E-state index contributed by atoms with van der Waals surface area (Å²) in [7, 11) is 2.21. The number of hydrogen-bond donors (Lipinski definition) is 3. The summed E-state index contributed by atoms with van der Waals surface area (Å²) < 4.78 is 0. The Balaban J connectivity index is 1.99. The van der Waals surface area contributed by atoms with Crippen molar-refractivity contribution in [3.63, 3.8) is 0 Å². The maximum absolute atomic E-state index is 5.72. The lowest BCUT2D eigenvalue weighted by Gasteiger charge is -2.29. The van der Waals surface area contributed by atoms with E-state index in [4.69, 9.17) is 11.5 Å². The van der Waals surface area contributed by atoms with E-state index in [-0.39, 0.29) is 6.04 Å². The minimum Gasteiger partial charge on any atom is -0.329 e. The van der Waals surface area contributed by atoms with Gasteiger partial charge in [-0.1, -0.05) is 0 Å². The molecule has 90 valence electrons. The van der Waals surface area contributed by atoms with Crippen LogP contribution in [0, 0.1) is 5.92 Å². The van der Waals surface area contributed by atoms with E-state index in [2.05, 4.69) is 17.3 Å². The number of hydrogen-bond acceptors (Lipinski definition) is 4. The van der Waals surface area contributed by atoms with Crippen molar-refractivity contribution in [1.29, 1.82) is 0 Å². The standard InChI is InChI=1S/C11H26N4/c1-15-6-2-3-10(9-15)4-5-14-8-11(13)7-12/h10-11,14H,2-9,12-13H2,1H3. The van der Waals surface area contributed by atoms with E-state index in [1.807, 2.05) is 0 Å². The second kappa shape index (κ2) is 7.17. The molecule has 0 amide bonds. The summed E-state index contributed by atoms with van der Waals surface area (Å²) in [5, 5.41) is 3.37. The molecular formula is C11H26N4. The minimum absolute atomic E-state index is 0.110. The van der Waals surface area contributed by atoms with Gasteiger partial charge in [0.2, 0.25) is 0 Å². The molecule has 0 aliphatic carbocycles. The molecule has 1 aliphatic rings. The van der Waals surface area contributed by atoms with Crippen LogP contribution in [0.25, 0.3) is 0 Å². The maximum Gasteiger partial charge on any atom is 0.0290 e. The highest BCUT2D eigenvalue weighted by molar-refractivity contribution is 4.72. The Bertz CT molecular complexity index is 163. The van der Waals surface area contributed by atoms with Crippen molar-refractivity contribution in [1.82, 2.24) is 10.2 Å². The first-order valence-corrected chi connectivity index (χ1v) is 6.07. The highest BCUT2D eigenvalue weighted by Gasteiger charge is 2.16. The Hall–Kier alpha value is -0.160. The fraction of sp³-hybridized carbons (Fsp3) is 1.00. The predicted molar refractivity (Wildman–Crippen MR) is 64.7 cm³/mol. The Morgan fingerprint density at radius 2 is 2.33 bits per heavy atom. The summed E-state index contributed by atoms with van der Waals surface area (Å²) in [5.74, 6) is 0.866. The molecule has 1 aliphatic heterocycles. The third kappa shape index (κ3) is 5.47.